The molecule has 0 bridgehead atoms. The number of anilines is 3. The normalized spacial score (nSPS) is 11.6. The average molecular weight is 779 g/mol. The second kappa shape index (κ2) is 14.3. The first-order valence-electron chi connectivity index (χ1n) is 20.8. The van der Waals surface area contributed by atoms with Gasteiger partial charge in [-0.15, -0.1) is 0 Å². The van der Waals surface area contributed by atoms with Gasteiger partial charge in [-0.25, -0.2) is 0 Å². The number of rotatable bonds is 7. The monoisotopic (exact) mass is 778 g/mol. The molecule has 0 aliphatic rings. The van der Waals surface area contributed by atoms with Crippen LogP contribution in [0.15, 0.2) is 235 Å². The number of aromatic nitrogens is 1. The molecule has 0 N–H and O–H groups in total. The lowest BCUT2D eigenvalue weighted by molar-refractivity contribution is 0.669. The average Bonchev–Trinajstić information content (AvgIpc) is 3.88. The van der Waals surface area contributed by atoms with E-state index in [0.717, 1.165) is 61.4 Å². The van der Waals surface area contributed by atoms with Gasteiger partial charge >= 0.3 is 0 Å². The van der Waals surface area contributed by atoms with Gasteiger partial charge in [0.25, 0.3) is 0 Å². The zero-order chi connectivity index (χ0) is 40.3. The number of hydrogen-bond acceptors (Lipinski definition) is 2. The first kappa shape index (κ1) is 34.9. The third-order valence-corrected chi connectivity index (χ3v) is 12.2. The molecule has 12 rings (SSSR count). The molecular weight excluding hydrogens is 741 g/mol. The van der Waals surface area contributed by atoms with Gasteiger partial charge in [0, 0.05) is 44.2 Å². The fourth-order valence-electron chi connectivity index (χ4n) is 9.32. The first-order valence-corrected chi connectivity index (χ1v) is 20.8. The van der Waals surface area contributed by atoms with Gasteiger partial charge < -0.3 is 13.9 Å². The van der Waals surface area contributed by atoms with Crippen molar-refractivity contribution in [2.45, 2.75) is 0 Å². The van der Waals surface area contributed by atoms with Gasteiger partial charge in [-0.1, -0.05) is 158 Å². The van der Waals surface area contributed by atoms with Crippen molar-refractivity contribution in [3.8, 4) is 39.1 Å². The van der Waals surface area contributed by atoms with Crippen molar-refractivity contribution < 1.29 is 4.42 Å². The van der Waals surface area contributed by atoms with Gasteiger partial charge in [0.05, 0.1) is 16.7 Å². The third-order valence-electron chi connectivity index (χ3n) is 12.2. The Morgan fingerprint density at radius 3 is 1.80 bits per heavy atom. The Bertz CT molecular complexity index is 3580. The molecule has 0 fully saturated rings. The molecule has 2 aromatic heterocycles. The Kier molecular flexibility index (Phi) is 8.17. The summed E-state index contributed by atoms with van der Waals surface area (Å²) in [5, 5.41) is 7.05. The van der Waals surface area contributed by atoms with Crippen molar-refractivity contribution in [2.75, 3.05) is 4.90 Å². The van der Waals surface area contributed by atoms with E-state index in [1.165, 1.54) is 49.3 Å². The van der Waals surface area contributed by atoms with Crippen LogP contribution in [0.4, 0.5) is 17.1 Å². The van der Waals surface area contributed by atoms with E-state index >= 15 is 0 Å². The minimum atomic E-state index is 0.874. The van der Waals surface area contributed by atoms with Crippen LogP contribution in [-0.2, 0) is 0 Å². The van der Waals surface area contributed by atoms with Crippen LogP contribution in [0.25, 0.3) is 93.6 Å². The summed E-state index contributed by atoms with van der Waals surface area (Å²) in [4.78, 5) is 2.42. The maximum atomic E-state index is 6.33. The summed E-state index contributed by atoms with van der Waals surface area (Å²) in [5.74, 6) is 0. The molecule has 3 nitrogen and oxygen atoms in total. The molecule has 0 spiro atoms. The summed E-state index contributed by atoms with van der Waals surface area (Å²) in [6, 6.07) is 83.0. The smallest absolute Gasteiger partial charge is 0.135 e. The highest BCUT2D eigenvalue weighted by molar-refractivity contribution is 6.16. The Hall–Kier alpha value is -8.14. The van der Waals surface area contributed by atoms with Crippen LogP contribution in [0.5, 0.6) is 0 Å². The zero-order valence-corrected chi connectivity index (χ0v) is 33.2. The van der Waals surface area contributed by atoms with Crippen molar-refractivity contribution >= 4 is 71.6 Å². The van der Waals surface area contributed by atoms with Crippen molar-refractivity contribution in [1.29, 1.82) is 0 Å². The summed E-state index contributed by atoms with van der Waals surface area (Å²) < 4.78 is 8.71. The standard InChI is InChI=1S/C58H38N2O/c1-4-15-39(16-5-1)43-30-33-48(40-17-6-2-7-18-40)55(37-43)59(47-32-34-57-52(38-47)50-21-11-13-26-56(50)61-57)46-31-29-41-35-44(28-27-42(41)36-46)49-23-14-25-54-58(49)51-22-10-12-24-53(51)60(54)45-19-8-3-9-20-45/h1-38H. The highest BCUT2D eigenvalue weighted by Gasteiger charge is 2.21. The molecule has 12 aromatic rings. The first-order chi connectivity index (χ1) is 30.2. The Balaban J connectivity index is 1.05. The number of hydrogen-bond donors (Lipinski definition) is 0. The molecular formula is C58H38N2O. The van der Waals surface area contributed by atoms with Gasteiger partial charge in [0.1, 0.15) is 11.2 Å². The van der Waals surface area contributed by atoms with E-state index in [4.69, 9.17) is 4.42 Å². The Morgan fingerprint density at radius 1 is 0.344 bits per heavy atom. The van der Waals surface area contributed by atoms with E-state index in [2.05, 4.69) is 228 Å². The van der Waals surface area contributed by atoms with Crippen LogP contribution < -0.4 is 4.90 Å². The SMILES string of the molecule is c1ccc(-c2ccc(-c3ccccc3)c(N(c3ccc4cc(-c5cccc6c5c5ccccc5n6-c5ccccc5)ccc4c3)c3ccc4oc5ccccc5c4c3)c2)cc1. The van der Waals surface area contributed by atoms with E-state index < -0.39 is 0 Å². The molecule has 0 saturated carbocycles. The molecule has 286 valence electrons. The third kappa shape index (κ3) is 5.90. The second-order valence-corrected chi connectivity index (χ2v) is 15.7. The lowest BCUT2D eigenvalue weighted by Gasteiger charge is -2.29. The largest absolute Gasteiger partial charge is 0.456 e. The van der Waals surface area contributed by atoms with Crippen molar-refractivity contribution in [3.63, 3.8) is 0 Å². The Labute approximate surface area is 353 Å². The molecule has 61 heavy (non-hydrogen) atoms. The zero-order valence-electron chi connectivity index (χ0n) is 33.2. The number of furan rings is 1. The predicted molar refractivity (Wildman–Crippen MR) is 257 cm³/mol. The van der Waals surface area contributed by atoms with Crippen molar-refractivity contribution in [2.24, 2.45) is 0 Å². The van der Waals surface area contributed by atoms with Crippen LogP contribution in [0.2, 0.25) is 0 Å². The van der Waals surface area contributed by atoms with E-state index in [9.17, 15) is 0 Å². The fourth-order valence-corrected chi connectivity index (χ4v) is 9.32. The summed E-state index contributed by atoms with van der Waals surface area (Å²) in [6.07, 6.45) is 0. The number of nitrogens with zero attached hydrogens (tertiary/aromatic N) is 2. The lowest BCUT2D eigenvalue weighted by Crippen LogP contribution is -2.11. The minimum absolute atomic E-state index is 0.874. The lowest BCUT2D eigenvalue weighted by atomic mass is 9.95. The summed E-state index contributed by atoms with van der Waals surface area (Å²) in [5.41, 5.74) is 15.6. The molecule has 10 aromatic carbocycles. The van der Waals surface area contributed by atoms with E-state index in [-0.39, 0.29) is 0 Å². The maximum Gasteiger partial charge on any atom is 0.135 e. The Morgan fingerprint density at radius 2 is 0.967 bits per heavy atom. The minimum Gasteiger partial charge on any atom is -0.456 e. The van der Waals surface area contributed by atoms with Crippen LogP contribution in [-0.4, -0.2) is 4.57 Å². The van der Waals surface area contributed by atoms with E-state index in [1.54, 1.807) is 0 Å². The molecule has 0 aliphatic heterocycles. The highest BCUT2D eigenvalue weighted by atomic mass is 16.3. The predicted octanol–water partition coefficient (Wildman–Crippen LogP) is 16.3. The van der Waals surface area contributed by atoms with E-state index in [1.807, 2.05) is 12.1 Å². The number of para-hydroxylation sites is 3. The van der Waals surface area contributed by atoms with E-state index in [0.29, 0.717) is 0 Å². The molecule has 0 aliphatic carbocycles. The van der Waals surface area contributed by atoms with Gasteiger partial charge in [-0.05, 0) is 111 Å². The second-order valence-electron chi connectivity index (χ2n) is 15.7. The molecule has 2 heterocycles. The summed E-state index contributed by atoms with van der Waals surface area (Å²) in [7, 11) is 0. The molecule has 0 amide bonds. The molecule has 0 atom stereocenters. The van der Waals surface area contributed by atoms with Crippen LogP contribution in [0.1, 0.15) is 0 Å². The van der Waals surface area contributed by atoms with Crippen LogP contribution >= 0.6 is 0 Å². The topological polar surface area (TPSA) is 21.3 Å². The quantitative estimate of drug-likeness (QED) is 0.161. The van der Waals surface area contributed by atoms with Gasteiger partial charge in [-0.2, -0.15) is 0 Å². The van der Waals surface area contributed by atoms with Crippen LogP contribution in [0, 0.1) is 0 Å². The molecule has 0 radical (unpaired) electrons. The number of fused-ring (bicyclic) bond motifs is 7. The van der Waals surface area contributed by atoms with Gasteiger partial charge in [0.2, 0.25) is 0 Å². The van der Waals surface area contributed by atoms with Crippen LogP contribution in [0.3, 0.4) is 0 Å². The summed E-state index contributed by atoms with van der Waals surface area (Å²) >= 11 is 0. The maximum absolute atomic E-state index is 6.33. The molecule has 0 saturated heterocycles. The molecule has 0 unspecified atom stereocenters. The fraction of sp³-hybridized carbons (Fsp3) is 0. The van der Waals surface area contributed by atoms with Gasteiger partial charge in [-0.3, -0.25) is 0 Å². The number of benzene rings is 10. The van der Waals surface area contributed by atoms with Gasteiger partial charge in [0.15, 0.2) is 0 Å². The molecule has 3 heteroatoms. The summed E-state index contributed by atoms with van der Waals surface area (Å²) in [6.45, 7) is 0. The highest BCUT2D eigenvalue weighted by Crippen LogP contribution is 2.46. The van der Waals surface area contributed by atoms with Crippen molar-refractivity contribution in [1.82, 2.24) is 4.57 Å². The van der Waals surface area contributed by atoms with Crippen molar-refractivity contribution in [3.05, 3.63) is 231 Å².